The molecule has 0 aliphatic heterocycles. The van der Waals surface area contributed by atoms with Crippen molar-refractivity contribution in [2.24, 2.45) is 5.73 Å². The maximum absolute atomic E-state index is 5.75. The number of hydrogen-bond acceptors (Lipinski definition) is 4. The zero-order chi connectivity index (χ0) is 15.2. The molecular formula is C16H24N4O. The van der Waals surface area contributed by atoms with E-state index >= 15 is 0 Å². The normalized spacial score (nSPS) is 11.3. The van der Waals surface area contributed by atoms with E-state index in [9.17, 15) is 0 Å². The number of rotatable bonds is 7. The first-order chi connectivity index (χ1) is 10.1. The smallest absolute Gasteiger partial charge is 0.120 e. The molecule has 0 radical (unpaired) electrons. The topological polar surface area (TPSA) is 67.2 Å². The minimum atomic E-state index is 0.162. The van der Waals surface area contributed by atoms with Gasteiger partial charge >= 0.3 is 0 Å². The molecule has 114 valence electrons. The van der Waals surface area contributed by atoms with Crippen LogP contribution < -0.4 is 10.5 Å². The highest BCUT2D eigenvalue weighted by molar-refractivity contribution is 5.64. The van der Waals surface area contributed by atoms with Gasteiger partial charge in [-0.05, 0) is 33.0 Å². The van der Waals surface area contributed by atoms with Crippen molar-refractivity contribution in [3.63, 3.8) is 0 Å². The molecule has 0 spiro atoms. The molecule has 1 aromatic carbocycles. The minimum absolute atomic E-state index is 0.162. The maximum atomic E-state index is 5.75. The van der Waals surface area contributed by atoms with E-state index in [4.69, 9.17) is 10.5 Å². The number of nitrogens with two attached hydrogens (primary N) is 1. The van der Waals surface area contributed by atoms with Gasteiger partial charge in [-0.1, -0.05) is 12.1 Å². The van der Waals surface area contributed by atoms with E-state index in [2.05, 4.69) is 28.2 Å². The number of nitrogens with zero attached hydrogens (tertiary/aromatic N) is 2. The van der Waals surface area contributed by atoms with E-state index in [1.54, 1.807) is 0 Å². The standard InChI is InChI=1S/C16H24N4O/c1-12(2)21-15-6-4-5-13(9-15)16-14(10-18-19-16)11-20(3)8-7-17/h4-6,9-10,12H,7-8,11,17H2,1-3H3,(H,18,19). The molecule has 21 heavy (non-hydrogen) atoms. The predicted molar refractivity (Wildman–Crippen MR) is 85.2 cm³/mol. The van der Waals surface area contributed by atoms with Crippen LogP contribution in [-0.4, -0.2) is 41.3 Å². The van der Waals surface area contributed by atoms with Gasteiger partial charge in [-0.15, -0.1) is 0 Å². The molecule has 0 saturated heterocycles. The summed E-state index contributed by atoms with van der Waals surface area (Å²) in [6, 6.07) is 8.05. The third-order valence-corrected chi connectivity index (χ3v) is 3.15. The Morgan fingerprint density at radius 2 is 2.19 bits per heavy atom. The number of ether oxygens (including phenoxy) is 1. The Morgan fingerprint density at radius 1 is 1.38 bits per heavy atom. The second-order valence-electron chi connectivity index (χ2n) is 5.48. The lowest BCUT2D eigenvalue weighted by atomic mass is 10.1. The van der Waals surface area contributed by atoms with Crippen LogP contribution >= 0.6 is 0 Å². The van der Waals surface area contributed by atoms with E-state index in [1.807, 2.05) is 38.2 Å². The van der Waals surface area contributed by atoms with Gasteiger partial charge in [0, 0.05) is 37.0 Å². The van der Waals surface area contributed by atoms with Crippen molar-refractivity contribution in [3.8, 4) is 17.0 Å². The summed E-state index contributed by atoms with van der Waals surface area (Å²) in [5.74, 6) is 0.867. The number of aromatic nitrogens is 2. The SMILES string of the molecule is CC(C)Oc1cccc(-c2n[nH]cc2CN(C)CCN)c1. The zero-order valence-corrected chi connectivity index (χ0v) is 13.0. The van der Waals surface area contributed by atoms with Gasteiger partial charge in [0.15, 0.2) is 0 Å². The average Bonchev–Trinajstić information content (AvgIpc) is 2.86. The monoisotopic (exact) mass is 288 g/mol. The zero-order valence-electron chi connectivity index (χ0n) is 13.0. The Labute approximate surface area is 126 Å². The number of H-pyrrole nitrogens is 1. The Bertz CT molecular complexity index is 565. The van der Waals surface area contributed by atoms with Crippen LogP contribution in [-0.2, 0) is 6.54 Å². The van der Waals surface area contributed by atoms with Crippen LogP contribution in [0.5, 0.6) is 5.75 Å². The fourth-order valence-electron chi connectivity index (χ4n) is 2.26. The van der Waals surface area contributed by atoms with Gasteiger partial charge in [-0.3, -0.25) is 5.10 Å². The molecular weight excluding hydrogens is 264 g/mol. The Morgan fingerprint density at radius 3 is 2.90 bits per heavy atom. The number of nitrogens with one attached hydrogen (secondary N) is 1. The van der Waals surface area contributed by atoms with Gasteiger partial charge in [0.05, 0.1) is 11.8 Å². The summed E-state index contributed by atoms with van der Waals surface area (Å²) in [6.07, 6.45) is 2.10. The first kappa shape index (κ1) is 15.5. The third-order valence-electron chi connectivity index (χ3n) is 3.15. The lowest BCUT2D eigenvalue weighted by Crippen LogP contribution is -2.25. The molecule has 0 unspecified atom stereocenters. The number of benzene rings is 1. The molecule has 0 bridgehead atoms. The van der Waals surface area contributed by atoms with Crippen molar-refractivity contribution in [2.75, 3.05) is 20.1 Å². The molecule has 0 amide bonds. The highest BCUT2D eigenvalue weighted by atomic mass is 16.5. The van der Waals surface area contributed by atoms with Gasteiger partial charge in [0.2, 0.25) is 0 Å². The van der Waals surface area contributed by atoms with E-state index in [1.165, 1.54) is 0 Å². The molecule has 1 aromatic heterocycles. The summed E-state index contributed by atoms with van der Waals surface area (Å²) in [4.78, 5) is 2.18. The molecule has 2 rings (SSSR count). The van der Waals surface area contributed by atoms with E-state index in [0.717, 1.165) is 35.7 Å². The second-order valence-corrected chi connectivity index (χ2v) is 5.48. The van der Waals surface area contributed by atoms with E-state index in [-0.39, 0.29) is 6.10 Å². The fourth-order valence-corrected chi connectivity index (χ4v) is 2.26. The van der Waals surface area contributed by atoms with Crippen molar-refractivity contribution in [1.82, 2.24) is 15.1 Å². The van der Waals surface area contributed by atoms with Crippen LogP contribution in [0.15, 0.2) is 30.5 Å². The summed E-state index contributed by atoms with van der Waals surface area (Å²) >= 11 is 0. The summed E-state index contributed by atoms with van der Waals surface area (Å²) < 4.78 is 5.75. The first-order valence-electron chi connectivity index (χ1n) is 7.28. The summed E-state index contributed by atoms with van der Waals surface area (Å²) in [7, 11) is 2.06. The largest absolute Gasteiger partial charge is 0.491 e. The summed E-state index contributed by atoms with van der Waals surface area (Å²) in [5, 5.41) is 7.34. The van der Waals surface area contributed by atoms with Crippen LogP contribution in [0.3, 0.4) is 0 Å². The highest BCUT2D eigenvalue weighted by Crippen LogP contribution is 2.26. The molecule has 0 aliphatic rings. The predicted octanol–water partition coefficient (Wildman–Crippen LogP) is 2.25. The molecule has 2 aromatic rings. The van der Waals surface area contributed by atoms with Gasteiger partial charge in [0.1, 0.15) is 5.75 Å². The maximum Gasteiger partial charge on any atom is 0.120 e. The van der Waals surface area contributed by atoms with E-state index in [0.29, 0.717) is 6.54 Å². The molecule has 0 fully saturated rings. The molecule has 0 atom stereocenters. The van der Waals surface area contributed by atoms with Crippen molar-refractivity contribution in [1.29, 1.82) is 0 Å². The number of hydrogen-bond donors (Lipinski definition) is 2. The first-order valence-corrected chi connectivity index (χ1v) is 7.28. The van der Waals surface area contributed by atoms with Crippen LogP contribution in [0.1, 0.15) is 19.4 Å². The van der Waals surface area contributed by atoms with Gasteiger partial charge in [-0.2, -0.15) is 5.10 Å². The van der Waals surface area contributed by atoms with Gasteiger partial charge in [0.25, 0.3) is 0 Å². The van der Waals surface area contributed by atoms with Crippen LogP contribution in [0.2, 0.25) is 0 Å². The Hall–Kier alpha value is -1.85. The lowest BCUT2D eigenvalue weighted by Gasteiger charge is -2.15. The van der Waals surface area contributed by atoms with Crippen molar-refractivity contribution < 1.29 is 4.74 Å². The average molecular weight is 288 g/mol. The quantitative estimate of drug-likeness (QED) is 0.820. The van der Waals surface area contributed by atoms with Crippen molar-refractivity contribution >= 4 is 0 Å². The lowest BCUT2D eigenvalue weighted by molar-refractivity contribution is 0.242. The third kappa shape index (κ3) is 4.31. The van der Waals surface area contributed by atoms with Crippen LogP contribution in [0.25, 0.3) is 11.3 Å². The fraction of sp³-hybridized carbons (Fsp3) is 0.438. The number of likely N-dealkylation sites (N-methyl/N-ethyl adjacent to an activating group) is 1. The number of aromatic amines is 1. The summed E-state index contributed by atoms with van der Waals surface area (Å²) in [6.45, 7) is 6.38. The van der Waals surface area contributed by atoms with Gasteiger partial charge in [-0.25, -0.2) is 0 Å². The molecule has 0 saturated carbocycles. The second kappa shape index (κ2) is 7.24. The summed E-state index contributed by atoms with van der Waals surface area (Å²) in [5.41, 5.74) is 8.78. The van der Waals surface area contributed by atoms with Crippen molar-refractivity contribution in [2.45, 2.75) is 26.5 Å². The van der Waals surface area contributed by atoms with E-state index < -0.39 is 0 Å². The minimum Gasteiger partial charge on any atom is -0.491 e. The van der Waals surface area contributed by atoms with Crippen LogP contribution in [0, 0.1) is 0 Å². The molecule has 1 heterocycles. The van der Waals surface area contributed by atoms with Crippen LogP contribution in [0.4, 0.5) is 0 Å². The molecule has 3 N–H and O–H groups in total. The molecule has 5 nitrogen and oxygen atoms in total. The molecule has 5 heteroatoms. The Balaban J connectivity index is 2.20. The van der Waals surface area contributed by atoms with Crippen molar-refractivity contribution in [3.05, 3.63) is 36.0 Å². The van der Waals surface area contributed by atoms with Gasteiger partial charge < -0.3 is 15.4 Å². The Kier molecular flexibility index (Phi) is 5.36. The highest BCUT2D eigenvalue weighted by Gasteiger charge is 2.11. The molecule has 0 aliphatic carbocycles.